The summed E-state index contributed by atoms with van der Waals surface area (Å²) in [6.07, 6.45) is 12.3. The van der Waals surface area contributed by atoms with Crippen LogP contribution in [0.2, 0.25) is 0 Å². The fourth-order valence-corrected chi connectivity index (χ4v) is 9.40. The van der Waals surface area contributed by atoms with Gasteiger partial charge in [0.15, 0.2) is 0 Å². The third-order valence-electron chi connectivity index (χ3n) is 12.8. The molecule has 1 atom stereocenters. The van der Waals surface area contributed by atoms with Crippen molar-refractivity contribution in [1.29, 1.82) is 0 Å². The quantitative estimate of drug-likeness (QED) is 0.153. The van der Waals surface area contributed by atoms with Crippen LogP contribution in [0.4, 0.5) is 0 Å². The summed E-state index contributed by atoms with van der Waals surface area (Å²) in [4.78, 5) is 24.9. The first kappa shape index (κ1) is 35.6. The smallest absolute Gasteiger partial charge is 0.141 e. The van der Waals surface area contributed by atoms with Crippen molar-refractivity contribution in [1.82, 2.24) is 38.9 Å². The molecule has 9 nitrogen and oxygen atoms in total. The molecule has 6 aromatic rings. The number of aromatic nitrogens is 6. The van der Waals surface area contributed by atoms with E-state index in [1.807, 2.05) is 6.20 Å². The fraction of sp³-hybridized carbons (Fsp3) is 0.533. The van der Waals surface area contributed by atoms with Gasteiger partial charge < -0.3 is 18.9 Å². The van der Waals surface area contributed by atoms with E-state index in [1.165, 1.54) is 47.0 Å². The van der Waals surface area contributed by atoms with E-state index in [4.69, 9.17) is 19.7 Å². The highest BCUT2D eigenvalue weighted by Crippen LogP contribution is 2.39. The highest BCUT2D eigenvalue weighted by molar-refractivity contribution is 5.81. The van der Waals surface area contributed by atoms with Gasteiger partial charge >= 0.3 is 0 Å². The Labute approximate surface area is 320 Å². The Morgan fingerprint density at radius 3 is 1.80 bits per heavy atom. The minimum Gasteiger partial charge on any atom is -0.381 e. The van der Waals surface area contributed by atoms with Crippen LogP contribution in [0.25, 0.3) is 33.1 Å². The van der Waals surface area contributed by atoms with E-state index in [2.05, 4.69) is 121 Å². The number of nitrogens with zero attached hydrogens (tertiary/aromatic N) is 7. The Balaban J connectivity index is 1.16. The highest BCUT2D eigenvalue weighted by Gasteiger charge is 2.35. The molecule has 3 fully saturated rings. The van der Waals surface area contributed by atoms with Crippen molar-refractivity contribution in [2.24, 2.45) is 5.92 Å². The lowest BCUT2D eigenvalue weighted by atomic mass is 9.85. The van der Waals surface area contributed by atoms with Gasteiger partial charge in [-0.25, -0.2) is 15.0 Å². The molecule has 0 amide bonds. The van der Waals surface area contributed by atoms with Crippen LogP contribution in [-0.4, -0.2) is 78.3 Å². The lowest BCUT2D eigenvalue weighted by molar-refractivity contribution is 0.169. The Kier molecular flexibility index (Phi) is 8.79. The largest absolute Gasteiger partial charge is 0.381 e. The fourth-order valence-electron chi connectivity index (χ4n) is 9.40. The average molecular weight is 727 g/mol. The van der Waals surface area contributed by atoms with Crippen molar-refractivity contribution in [3.63, 3.8) is 0 Å². The number of hydrogen-bond acceptors (Lipinski definition) is 6. The minimum absolute atomic E-state index is 0.0177. The van der Waals surface area contributed by atoms with Gasteiger partial charge in [-0.1, -0.05) is 20.8 Å². The molecule has 0 aromatic carbocycles. The summed E-state index contributed by atoms with van der Waals surface area (Å²) in [5.41, 5.74) is 9.64. The number of likely N-dealkylation sites (tertiary alicyclic amines) is 2. The van der Waals surface area contributed by atoms with Crippen LogP contribution < -0.4 is 0 Å². The van der Waals surface area contributed by atoms with Gasteiger partial charge in [-0.2, -0.15) is 0 Å². The van der Waals surface area contributed by atoms with Crippen molar-refractivity contribution in [3.8, 4) is 0 Å². The van der Waals surface area contributed by atoms with Crippen LogP contribution >= 0.6 is 0 Å². The SMILES string of the molecule is CC(C)(C)c1cc2ccn(C(C)(C)c3cc4ccn(C(C)(C)c5cc6cc[nH]c6nc5CN5CCCC5)c4nc3CC3CCOC3)c2nc1CN1CCC1. The van der Waals surface area contributed by atoms with Gasteiger partial charge in [0.2, 0.25) is 0 Å². The van der Waals surface area contributed by atoms with Crippen molar-refractivity contribution in [2.75, 3.05) is 39.4 Å². The summed E-state index contributed by atoms with van der Waals surface area (Å²) >= 11 is 0. The molecule has 3 aliphatic heterocycles. The second-order valence-corrected chi connectivity index (χ2v) is 18.5. The number of ether oxygens (including phenoxy) is 1. The Morgan fingerprint density at radius 2 is 1.22 bits per heavy atom. The molecule has 54 heavy (non-hydrogen) atoms. The number of aromatic amines is 1. The Morgan fingerprint density at radius 1 is 0.667 bits per heavy atom. The molecule has 284 valence electrons. The molecule has 3 aliphatic rings. The number of H-pyrrole nitrogens is 1. The number of pyridine rings is 3. The molecular weight excluding hydrogens is 669 g/mol. The molecule has 6 aromatic heterocycles. The van der Waals surface area contributed by atoms with Crippen LogP contribution in [0.3, 0.4) is 0 Å². The Hall–Kier alpha value is -4.05. The van der Waals surface area contributed by atoms with E-state index in [1.54, 1.807) is 0 Å². The molecule has 3 saturated heterocycles. The molecular formula is C45H58N8O. The van der Waals surface area contributed by atoms with Crippen LogP contribution in [0.1, 0.15) is 108 Å². The van der Waals surface area contributed by atoms with Crippen LogP contribution in [0, 0.1) is 5.92 Å². The van der Waals surface area contributed by atoms with E-state index in [0.29, 0.717) is 5.92 Å². The molecule has 9 heterocycles. The van der Waals surface area contributed by atoms with Crippen molar-refractivity contribution in [2.45, 2.75) is 110 Å². The first-order valence-corrected chi connectivity index (χ1v) is 20.4. The van der Waals surface area contributed by atoms with Crippen LogP contribution in [-0.2, 0) is 40.7 Å². The van der Waals surface area contributed by atoms with Crippen molar-refractivity contribution in [3.05, 3.63) is 88.8 Å². The summed E-state index contributed by atoms with van der Waals surface area (Å²) in [6, 6.07) is 13.9. The molecule has 0 spiro atoms. The predicted molar refractivity (Wildman–Crippen MR) is 218 cm³/mol. The van der Waals surface area contributed by atoms with Crippen molar-refractivity contribution >= 4 is 33.1 Å². The highest BCUT2D eigenvalue weighted by atomic mass is 16.5. The number of nitrogens with one attached hydrogen (secondary N) is 1. The van der Waals surface area contributed by atoms with Crippen molar-refractivity contribution < 1.29 is 4.74 Å². The Bertz CT molecular complexity index is 2320. The minimum atomic E-state index is -0.397. The summed E-state index contributed by atoms with van der Waals surface area (Å²) in [5.74, 6) is 0.449. The van der Waals surface area contributed by atoms with Gasteiger partial charge in [-0.3, -0.25) is 9.80 Å². The standard InChI is InChI=1S/C45H58N8O/c1-43(2,3)34-25-32-12-20-53(42(32)49-38(34)27-51-18-10-19-51)44(4,5)35-26-33-13-21-52(41(33)48-37(35)23-30-14-22-54-29-30)45(6,7)36-24-31-11-15-46-40(31)47-39(36)28-50-16-8-9-17-50/h11-13,15,20-21,24-26,30H,8-10,14,16-19,22-23,27-29H2,1-7H3,(H,46,47). The second kappa shape index (κ2) is 13.3. The first-order valence-electron chi connectivity index (χ1n) is 20.4. The van der Waals surface area contributed by atoms with Gasteiger partial charge in [-0.05, 0) is 145 Å². The van der Waals surface area contributed by atoms with Gasteiger partial charge in [-0.15, -0.1) is 0 Å². The zero-order valence-corrected chi connectivity index (χ0v) is 33.5. The van der Waals surface area contributed by atoms with E-state index in [0.717, 1.165) is 104 Å². The van der Waals surface area contributed by atoms with E-state index in [-0.39, 0.29) is 11.0 Å². The molecule has 0 radical (unpaired) electrons. The van der Waals surface area contributed by atoms with Gasteiger partial charge in [0.25, 0.3) is 0 Å². The average Bonchev–Trinajstić information content (AvgIpc) is 3.95. The third-order valence-corrected chi connectivity index (χ3v) is 12.8. The summed E-state index contributed by atoms with van der Waals surface area (Å²) in [6.45, 7) is 24.3. The zero-order valence-electron chi connectivity index (χ0n) is 33.5. The van der Waals surface area contributed by atoms with E-state index in [9.17, 15) is 0 Å². The van der Waals surface area contributed by atoms with Gasteiger partial charge in [0.05, 0.1) is 22.5 Å². The number of rotatable bonds is 10. The van der Waals surface area contributed by atoms with Gasteiger partial charge in [0.1, 0.15) is 16.9 Å². The number of hydrogen-bond donors (Lipinski definition) is 1. The molecule has 0 saturated carbocycles. The normalized spacial score (nSPS) is 19.2. The van der Waals surface area contributed by atoms with Crippen LogP contribution in [0.15, 0.2) is 55.0 Å². The molecule has 0 bridgehead atoms. The molecule has 9 heteroatoms. The first-order chi connectivity index (χ1) is 25.9. The van der Waals surface area contributed by atoms with Crippen LogP contribution in [0.5, 0.6) is 0 Å². The maximum absolute atomic E-state index is 5.92. The molecule has 1 unspecified atom stereocenters. The monoisotopic (exact) mass is 726 g/mol. The van der Waals surface area contributed by atoms with E-state index < -0.39 is 5.54 Å². The summed E-state index contributed by atoms with van der Waals surface area (Å²) in [5, 5.41) is 3.51. The molecule has 9 rings (SSSR count). The summed E-state index contributed by atoms with van der Waals surface area (Å²) < 4.78 is 10.7. The predicted octanol–water partition coefficient (Wildman–Crippen LogP) is 8.51. The maximum Gasteiger partial charge on any atom is 0.141 e. The molecule has 1 N–H and O–H groups in total. The second-order valence-electron chi connectivity index (χ2n) is 18.5. The number of fused-ring (bicyclic) bond motifs is 3. The lowest BCUT2D eigenvalue weighted by Gasteiger charge is -2.34. The summed E-state index contributed by atoms with van der Waals surface area (Å²) in [7, 11) is 0. The maximum atomic E-state index is 5.92. The molecule has 0 aliphatic carbocycles. The van der Waals surface area contributed by atoms with E-state index >= 15 is 0 Å². The topological polar surface area (TPSA) is 80.0 Å². The zero-order chi connectivity index (χ0) is 37.4. The third kappa shape index (κ3) is 6.26. The lowest BCUT2D eigenvalue weighted by Crippen LogP contribution is -2.37. The van der Waals surface area contributed by atoms with Gasteiger partial charge in [0, 0.05) is 72.3 Å².